The fourth-order valence-electron chi connectivity index (χ4n) is 4.94. The van der Waals surface area contributed by atoms with Crippen LogP contribution in [0.5, 0.6) is 0 Å². The van der Waals surface area contributed by atoms with Crippen molar-refractivity contribution in [1.82, 2.24) is 4.90 Å². The predicted octanol–water partition coefficient (Wildman–Crippen LogP) is 4.22. The van der Waals surface area contributed by atoms with Crippen molar-refractivity contribution < 1.29 is 9.94 Å². The topological polar surface area (TPSA) is 45.1 Å². The second-order valence-corrected chi connectivity index (χ2v) is 8.72. The number of rotatable bonds is 7. The Hall–Kier alpha value is -1.65. The summed E-state index contributed by atoms with van der Waals surface area (Å²) in [6, 6.07) is 10.7. The van der Waals surface area contributed by atoms with Gasteiger partial charge in [0.25, 0.3) is 0 Å². The molecule has 4 heteroatoms. The molecule has 0 spiro atoms. The zero-order valence-electron chi connectivity index (χ0n) is 17.0. The Balaban J connectivity index is 1.58. The predicted molar refractivity (Wildman–Crippen MR) is 111 cm³/mol. The van der Waals surface area contributed by atoms with Crippen LogP contribution in [0.2, 0.25) is 0 Å². The molecule has 2 aliphatic rings. The average molecular weight is 371 g/mol. The summed E-state index contributed by atoms with van der Waals surface area (Å²) in [5.74, 6) is 0.867. The van der Waals surface area contributed by atoms with E-state index in [9.17, 15) is 5.11 Å². The number of hydrogen-bond acceptors (Lipinski definition) is 4. The molecule has 3 rings (SSSR count). The van der Waals surface area contributed by atoms with Crippen molar-refractivity contribution in [2.45, 2.75) is 50.5 Å². The zero-order valence-corrected chi connectivity index (χ0v) is 17.0. The van der Waals surface area contributed by atoms with Crippen LogP contribution in [0.3, 0.4) is 0 Å². The van der Waals surface area contributed by atoms with E-state index in [0.717, 1.165) is 38.6 Å². The molecule has 4 nitrogen and oxygen atoms in total. The second kappa shape index (κ2) is 8.57. The molecule has 0 radical (unpaired) electrons. The molecule has 0 heterocycles. The van der Waals surface area contributed by atoms with Crippen molar-refractivity contribution in [2.75, 3.05) is 27.2 Å². The molecular formula is C23H34N2O2. The molecule has 0 aromatic heterocycles. The largest absolute Gasteiger partial charge is 0.394 e. The molecule has 1 aromatic carbocycles. The van der Waals surface area contributed by atoms with Gasteiger partial charge in [-0.2, -0.15) is 0 Å². The Morgan fingerprint density at radius 1 is 1.22 bits per heavy atom. The minimum absolute atomic E-state index is 0.0472. The number of fused-ring (bicyclic) bond motifs is 1. The van der Waals surface area contributed by atoms with Crippen LogP contribution < -0.4 is 0 Å². The fourth-order valence-corrected chi connectivity index (χ4v) is 4.94. The van der Waals surface area contributed by atoms with Gasteiger partial charge in [0.2, 0.25) is 0 Å². The van der Waals surface area contributed by atoms with Crippen LogP contribution in [-0.2, 0) is 4.84 Å². The Morgan fingerprint density at radius 2 is 2.00 bits per heavy atom. The molecule has 1 N–H and O–H groups in total. The first-order valence-corrected chi connectivity index (χ1v) is 10.2. The number of aliphatic hydroxyl groups is 1. The van der Waals surface area contributed by atoms with Crippen LogP contribution in [0.25, 0.3) is 0 Å². The van der Waals surface area contributed by atoms with Crippen molar-refractivity contribution in [2.24, 2.45) is 16.5 Å². The van der Waals surface area contributed by atoms with Gasteiger partial charge in [-0.25, -0.2) is 0 Å². The normalized spacial score (nSPS) is 33.8. The van der Waals surface area contributed by atoms with Crippen molar-refractivity contribution in [1.29, 1.82) is 0 Å². The van der Waals surface area contributed by atoms with E-state index >= 15 is 0 Å². The lowest BCUT2D eigenvalue weighted by molar-refractivity contribution is -0.0984. The van der Waals surface area contributed by atoms with Crippen molar-refractivity contribution in [3.63, 3.8) is 0 Å². The zero-order chi connectivity index (χ0) is 19.3. The first-order chi connectivity index (χ1) is 12.9. The highest BCUT2D eigenvalue weighted by molar-refractivity contribution is 5.70. The molecule has 0 saturated heterocycles. The summed E-state index contributed by atoms with van der Waals surface area (Å²) in [5, 5.41) is 15.5. The Labute approximate surface area is 163 Å². The van der Waals surface area contributed by atoms with Gasteiger partial charge < -0.3 is 14.8 Å². The third-order valence-corrected chi connectivity index (χ3v) is 6.81. The van der Waals surface area contributed by atoms with Gasteiger partial charge in [-0.05, 0) is 69.7 Å². The molecule has 0 amide bonds. The Bertz CT molecular complexity index is 658. The standard InChI is InChI=1S/C23H34N2O2/c1-22-13-11-20(19-8-5-4-6-9-19)18-23(22,26)14-12-21(22)10-7-15-24-27-17-16-25(2)3/h4-10,15,20-21,26H,11-14,16-18H2,1-3H3/t20-,21-,22+,23-/m0/s1. The average Bonchev–Trinajstić information content (AvgIpc) is 2.92. The maximum absolute atomic E-state index is 11.5. The molecule has 2 fully saturated rings. The van der Waals surface area contributed by atoms with Crippen molar-refractivity contribution in [3.8, 4) is 0 Å². The number of likely N-dealkylation sites (N-methyl/N-ethyl adjacent to an activating group) is 1. The first-order valence-electron chi connectivity index (χ1n) is 10.2. The number of hydrogen-bond donors (Lipinski definition) is 1. The molecule has 27 heavy (non-hydrogen) atoms. The number of nitrogens with zero attached hydrogens (tertiary/aromatic N) is 2. The van der Waals surface area contributed by atoms with E-state index in [4.69, 9.17) is 4.84 Å². The summed E-state index contributed by atoms with van der Waals surface area (Å²) < 4.78 is 0. The summed E-state index contributed by atoms with van der Waals surface area (Å²) >= 11 is 0. The van der Waals surface area contributed by atoms with E-state index in [0.29, 0.717) is 18.4 Å². The number of allylic oxidation sites excluding steroid dienone is 2. The molecule has 0 bridgehead atoms. The highest BCUT2D eigenvalue weighted by Crippen LogP contribution is 2.60. The van der Waals surface area contributed by atoms with Crippen molar-refractivity contribution in [3.05, 3.63) is 48.0 Å². The van der Waals surface area contributed by atoms with E-state index in [1.807, 2.05) is 20.2 Å². The second-order valence-electron chi connectivity index (χ2n) is 8.72. The van der Waals surface area contributed by atoms with Crippen LogP contribution in [0.15, 0.2) is 47.6 Å². The maximum atomic E-state index is 11.5. The van der Waals surface area contributed by atoms with E-state index < -0.39 is 5.60 Å². The van der Waals surface area contributed by atoms with Crippen LogP contribution in [0, 0.1) is 11.3 Å². The van der Waals surface area contributed by atoms with Crippen LogP contribution in [0.4, 0.5) is 0 Å². The quantitative estimate of drug-likeness (QED) is 0.444. The van der Waals surface area contributed by atoms with Gasteiger partial charge in [-0.15, -0.1) is 0 Å². The van der Waals surface area contributed by atoms with E-state index in [1.165, 1.54) is 5.56 Å². The third-order valence-electron chi connectivity index (χ3n) is 6.81. The Morgan fingerprint density at radius 3 is 2.74 bits per heavy atom. The molecule has 2 aliphatic carbocycles. The summed E-state index contributed by atoms with van der Waals surface area (Å²) in [6.45, 7) is 3.73. The fraction of sp³-hybridized carbons (Fsp3) is 0.609. The lowest BCUT2D eigenvalue weighted by atomic mass is 9.59. The molecule has 0 unspecified atom stereocenters. The van der Waals surface area contributed by atoms with Gasteiger partial charge in [-0.3, -0.25) is 0 Å². The van der Waals surface area contributed by atoms with E-state index in [2.05, 4.69) is 53.4 Å². The first kappa shape index (κ1) is 20.1. The summed E-state index contributed by atoms with van der Waals surface area (Å²) in [7, 11) is 4.03. The summed E-state index contributed by atoms with van der Waals surface area (Å²) in [5.41, 5.74) is 0.753. The minimum atomic E-state index is -0.569. The molecule has 1 aromatic rings. The molecule has 0 aliphatic heterocycles. The molecular weight excluding hydrogens is 336 g/mol. The maximum Gasteiger partial charge on any atom is 0.129 e. The van der Waals surface area contributed by atoms with Gasteiger partial charge in [0, 0.05) is 12.0 Å². The molecule has 4 atom stereocenters. The highest BCUT2D eigenvalue weighted by atomic mass is 16.6. The molecule has 148 valence electrons. The lowest BCUT2D eigenvalue weighted by Gasteiger charge is -2.49. The van der Waals surface area contributed by atoms with Gasteiger partial charge in [-0.1, -0.05) is 48.5 Å². The molecule has 2 saturated carbocycles. The summed E-state index contributed by atoms with van der Waals surface area (Å²) in [6.07, 6.45) is 11.0. The van der Waals surface area contributed by atoms with Gasteiger partial charge in [0.15, 0.2) is 0 Å². The number of benzene rings is 1. The summed E-state index contributed by atoms with van der Waals surface area (Å²) in [4.78, 5) is 7.32. The van der Waals surface area contributed by atoms with E-state index in [-0.39, 0.29) is 5.41 Å². The van der Waals surface area contributed by atoms with Crippen LogP contribution >= 0.6 is 0 Å². The third kappa shape index (κ3) is 4.44. The number of oxime groups is 1. The van der Waals surface area contributed by atoms with Crippen LogP contribution in [-0.4, -0.2) is 49.1 Å². The SMILES string of the molecule is CN(C)CCON=CC=C[C@H]1CC[C@]2(O)C[C@@H](c3ccccc3)CC[C@]12C. The lowest BCUT2D eigenvalue weighted by Crippen LogP contribution is -2.49. The smallest absolute Gasteiger partial charge is 0.129 e. The van der Waals surface area contributed by atoms with Crippen LogP contribution in [0.1, 0.15) is 50.5 Å². The highest BCUT2D eigenvalue weighted by Gasteiger charge is 2.58. The van der Waals surface area contributed by atoms with E-state index in [1.54, 1.807) is 6.21 Å². The monoisotopic (exact) mass is 370 g/mol. The van der Waals surface area contributed by atoms with Crippen molar-refractivity contribution >= 4 is 6.21 Å². The van der Waals surface area contributed by atoms with Gasteiger partial charge in [0.1, 0.15) is 6.61 Å². The van der Waals surface area contributed by atoms with Gasteiger partial charge >= 0.3 is 0 Å². The minimum Gasteiger partial charge on any atom is -0.394 e. The Kier molecular flexibility index (Phi) is 6.38. The van der Waals surface area contributed by atoms with Gasteiger partial charge in [0.05, 0.1) is 11.8 Å².